The first-order chi connectivity index (χ1) is 7.07. The zero-order valence-electron chi connectivity index (χ0n) is 10.6. The van der Waals surface area contributed by atoms with E-state index in [4.69, 9.17) is 15.2 Å². The molecule has 0 aromatic carbocycles. The number of methoxy groups -OCH3 is 1. The van der Waals surface area contributed by atoms with E-state index in [1.807, 2.05) is 0 Å². The summed E-state index contributed by atoms with van der Waals surface area (Å²) in [5.74, 6) is 0. The van der Waals surface area contributed by atoms with Gasteiger partial charge in [-0.3, -0.25) is 4.90 Å². The van der Waals surface area contributed by atoms with Crippen LogP contribution in [0.1, 0.15) is 13.8 Å². The molecule has 0 aliphatic carbocycles. The Bertz CT molecular complexity index is 191. The molecule has 0 saturated carbocycles. The van der Waals surface area contributed by atoms with Gasteiger partial charge in [-0.1, -0.05) is 13.8 Å². The van der Waals surface area contributed by atoms with Crippen LogP contribution in [0.2, 0.25) is 0 Å². The lowest BCUT2D eigenvalue weighted by atomic mass is 9.93. The minimum atomic E-state index is 0. The standard InChI is InChI=1S/C11H24N2O2.ClH/c1-11(2,9-14-3)8-13-4-5-15-10(6-12)7-13;/h10H,4-9,12H2,1-3H3;1H. The van der Waals surface area contributed by atoms with Crippen LogP contribution in [0.15, 0.2) is 0 Å². The fraction of sp³-hybridized carbons (Fsp3) is 1.00. The summed E-state index contributed by atoms with van der Waals surface area (Å²) in [5, 5.41) is 0. The zero-order chi connectivity index (χ0) is 11.3. The third-order valence-corrected chi connectivity index (χ3v) is 2.67. The predicted molar refractivity (Wildman–Crippen MR) is 68.1 cm³/mol. The minimum Gasteiger partial charge on any atom is -0.384 e. The largest absolute Gasteiger partial charge is 0.384 e. The van der Waals surface area contributed by atoms with Crippen molar-refractivity contribution in [1.82, 2.24) is 4.90 Å². The first-order valence-corrected chi connectivity index (χ1v) is 5.60. The van der Waals surface area contributed by atoms with Gasteiger partial charge in [-0.2, -0.15) is 0 Å². The summed E-state index contributed by atoms with van der Waals surface area (Å²) in [6.07, 6.45) is 0.206. The summed E-state index contributed by atoms with van der Waals surface area (Å²) in [5.41, 5.74) is 5.81. The third kappa shape index (κ3) is 5.46. The number of hydrogen-bond acceptors (Lipinski definition) is 4. The van der Waals surface area contributed by atoms with Crippen LogP contribution in [0.5, 0.6) is 0 Å². The number of rotatable bonds is 5. The molecule has 0 spiro atoms. The molecule has 1 aliphatic heterocycles. The van der Waals surface area contributed by atoms with Crippen LogP contribution in [0.25, 0.3) is 0 Å². The Balaban J connectivity index is 0.00000225. The average Bonchev–Trinajstić information content (AvgIpc) is 2.17. The molecule has 98 valence electrons. The molecule has 16 heavy (non-hydrogen) atoms. The molecule has 1 saturated heterocycles. The minimum absolute atomic E-state index is 0. The highest BCUT2D eigenvalue weighted by Gasteiger charge is 2.26. The van der Waals surface area contributed by atoms with Crippen molar-refractivity contribution in [3.05, 3.63) is 0 Å². The lowest BCUT2D eigenvalue weighted by molar-refractivity contribution is -0.0407. The van der Waals surface area contributed by atoms with Gasteiger partial charge in [-0.05, 0) is 0 Å². The van der Waals surface area contributed by atoms with Crippen LogP contribution in [-0.2, 0) is 9.47 Å². The molecular formula is C11H25ClN2O2. The highest BCUT2D eigenvalue weighted by molar-refractivity contribution is 5.85. The highest BCUT2D eigenvalue weighted by atomic mass is 35.5. The Morgan fingerprint density at radius 3 is 2.75 bits per heavy atom. The first-order valence-electron chi connectivity index (χ1n) is 5.60. The molecule has 0 aromatic rings. The quantitative estimate of drug-likeness (QED) is 0.784. The molecule has 1 unspecified atom stereocenters. The van der Waals surface area contributed by atoms with Crippen molar-refractivity contribution in [2.45, 2.75) is 20.0 Å². The highest BCUT2D eigenvalue weighted by Crippen LogP contribution is 2.18. The maximum Gasteiger partial charge on any atom is 0.0824 e. The van der Waals surface area contributed by atoms with Gasteiger partial charge in [0.05, 0.1) is 19.3 Å². The van der Waals surface area contributed by atoms with E-state index in [0.29, 0.717) is 6.54 Å². The Morgan fingerprint density at radius 1 is 1.50 bits per heavy atom. The number of nitrogens with two attached hydrogens (primary N) is 1. The Kier molecular flexibility index (Phi) is 7.52. The van der Waals surface area contributed by atoms with E-state index < -0.39 is 0 Å². The van der Waals surface area contributed by atoms with Crippen molar-refractivity contribution in [1.29, 1.82) is 0 Å². The van der Waals surface area contributed by atoms with Gasteiger partial charge < -0.3 is 15.2 Å². The second kappa shape index (κ2) is 7.45. The van der Waals surface area contributed by atoms with Gasteiger partial charge in [0.2, 0.25) is 0 Å². The maximum absolute atomic E-state index is 5.61. The van der Waals surface area contributed by atoms with Gasteiger partial charge in [0.15, 0.2) is 0 Å². The average molecular weight is 253 g/mol. The number of morpholine rings is 1. The molecular weight excluding hydrogens is 228 g/mol. The summed E-state index contributed by atoms with van der Waals surface area (Å²) in [6.45, 7) is 9.64. The van der Waals surface area contributed by atoms with E-state index in [2.05, 4.69) is 18.7 Å². The second-order valence-corrected chi connectivity index (χ2v) is 5.06. The number of halogens is 1. The molecule has 0 radical (unpaired) electrons. The Morgan fingerprint density at radius 2 is 2.19 bits per heavy atom. The second-order valence-electron chi connectivity index (χ2n) is 5.06. The number of hydrogen-bond donors (Lipinski definition) is 1. The molecule has 4 nitrogen and oxygen atoms in total. The number of nitrogens with zero attached hydrogens (tertiary/aromatic N) is 1. The van der Waals surface area contributed by atoms with Gasteiger partial charge >= 0.3 is 0 Å². The predicted octanol–water partition coefficient (Wildman–Crippen LogP) is 0.740. The normalized spacial score (nSPS) is 22.9. The lowest BCUT2D eigenvalue weighted by Gasteiger charge is -2.37. The van der Waals surface area contributed by atoms with Crippen LogP contribution >= 0.6 is 12.4 Å². The summed E-state index contributed by atoms with van der Waals surface area (Å²) in [6, 6.07) is 0. The van der Waals surface area contributed by atoms with Crippen LogP contribution in [0.3, 0.4) is 0 Å². The van der Waals surface area contributed by atoms with Gasteiger partial charge in [0, 0.05) is 38.7 Å². The molecule has 0 aromatic heterocycles. The van der Waals surface area contributed by atoms with E-state index in [9.17, 15) is 0 Å². The molecule has 0 amide bonds. The van der Waals surface area contributed by atoms with E-state index in [1.54, 1.807) is 7.11 Å². The molecule has 1 aliphatic rings. The van der Waals surface area contributed by atoms with Gasteiger partial charge in [0.1, 0.15) is 0 Å². The molecule has 1 heterocycles. The monoisotopic (exact) mass is 252 g/mol. The van der Waals surface area contributed by atoms with Crippen LogP contribution in [0, 0.1) is 5.41 Å². The first kappa shape index (κ1) is 16.1. The number of ether oxygens (including phenoxy) is 2. The SMILES string of the molecule is COCC(C)(C)CN1CCOC(CN)C1.Cl. The molecule has 5 heteroatoms. The summed E-state index contributed by atoms with van der Waals surface area (Å²) in [7, 11) is 1.75. The molecule has 0 bridgehead atoms. The van der Waals surface area contributed by atoms with Crippen LogP contribution in [0.4, 0.5) is 0 Å². The van der Waals surface area contributed by atoms with Crippen molar-refractivity contribution < 1.29 is 9.47 Å². The van der Waals surface area contributed by atoms with E-state index in [1.165, 1.54) is 0 Å². The molecule has 2 N–H and O–H groups in total. The molecule has 1 atom stereocenters. The Labute approximate surface area is 105 Å². The summed E-state index contributed by atoms with van der Waals surface area (Å²) >= 11 is 0. The zero-order valence-corrected chi connectivity index (χ0v) is 11.4. The van der Waals surface area contributed by atoms with Crippen molar-refractivity contribution in [2.75, 3.05) is 46.5 Å². The van der Waals surface area contributed by atoms with E-state index in [-0.39, 0.29) is 23.9 Å². The van der Waals surface area contributed by atoms with Crippen LogP contribution < -0.4 is 5.73 Å². The topological polar surface area (TPSA) is 47.7 Å². The van der Waals surface area contributed by atoms with E-state index >= 15 is 0 Å². The maximum atomic E-state index is 5.61. The fourth-order valence-corrected chi connectivity index (χ4v) is 2.11. The van der Waals surface area contributed by atoms with Gasteiger partial charge in [-0.25, -0.2) is 0 Å². The lowest BCUT2D eigenvalue weighted by Crippen LogP contribution is -2.49. The Hall–Kier alpha value is 0.130. The van der Waals surface area contributed by atoms with E-state index in [0.717, 1.165) is 32.8 Å². The van der Waals surface area contributed by atoms with Gasteiger partial charge in [-0.15, -0.1) is 12.4 Å². The summed E-state index contributed by atoms with van der Waals surface area (Å²) < 4.78 is 10.8. The third-order valence-electron chi connectivity index (χ3n) is 2.67. The molecule has 1 rings (SSSR count). The van der Waals surface area contributed by atoms with Crippen molar-refractivity contribution in [3.63, 3.8) is 0 Å². The smallest absolute Gasteiger partial charge is 0.0824 e. The molecule has 1 fully saturated rings. The van der Waals surface area contributed by atoms with Crippen molar-refractivity contribution >= 4 is 12.4 Å². The van der Waals surface area contributed by atoms with Crippen molar-refractivity contribution in [3.8, 4) is 0 Å². The van der Waals surface area contributed by atoms with Crippen LogP contribution in [-0.4, -0.2) is 57.5 Å². The van der Waals surface area contributed by atoms with Gasteiger partial charge in [0.25, 0.3) is 0 Å². The summed E-state index contributed by atoms with van der Waals surface area (Å²) in [4.78, 5) is 2.42. The fourth-order valence-electron chi connectivity index (χ4n) is 2.11. The van der Waals surface area contributed by atoms with Crippen molar-refractivity contribution in [2.24, 2.45) is 11.1 Å².